The van der Waals surface area contributed by atoms with Crippen molar-refractivity contribution >= 4 is 11.9 Å². The number of ether oxygens (including phenoxy) is 1. The van der Waals surface area contributed by atoms with Crippen molar-refractivity contribution in [2.75, 3.05) is 13.2 Å². The topological polar surface area (TPSA) is 46.6 Å². The molecule has 1 amide bonds. The third-order valence-corrected chi connectivity index (χ3v) is 5.65. The predicted octanol–water partition coefficient (Wildman–Crippen LogP) is 6.42. The van der Waals surface area contributed by atoms with Gasteiger partial charge in [-0.15, -0.1) is 0 Å². The summed E-state index contributed by atoms with van der Waals surface area (Å²) in [7, 11) is 0. The smallest absolute Gasteiger partial charge is 0.463 e. The number of amides is 1. The minimum Gasteiger partial charge on any atom is -0.464 e. The van der Waals surface area contributed by atoms with Gasteiger partial charge in [0.1, 0.15) is 6.04 Å². The Morgan fingerprint density at radius 3 is 1.81 bits per heavy atom. The molecule has 182 valence electrons. The van der Waals surface area contributed by atoms with Crippen LogP contribution in [0.1, 0.15) is 96.8 Å². The fraction of sp³-hybridized carbons (Fsp3) is 0.909. The maximum Gasteiger partial charge on any atom is 0.463 e. The van der Waals surface area contributed by atoms with Crippen molar-refractivity contribution in [1.82, 2.24) is 4.90 Å². The van der Waals surface area contributed by atoms with Crippen LogP contribution in [-0.4, -0.2) is 48.1 Å². The Morgan fingerprint density at radius 2 is 1.32 bits per heavy atom. The van der Waals surface area contributed by atoms with Gasteiger partial charge in [-0.3, -0.25) is 4.79 Å². The van der Waals surface area contributed by atoms with Crippen LogP contribution in [0.2, 0.25) is 0 Å². The number of esters is 1. The monoisotopic (exact) mass is 457 g/mol. The Bertz CT molecular complexity index is 540. The zero-order valence-electron chi connectivity index (χ0n) is 18.5. The zero-order chi connectivity index (χ0) is 23.3. The molecule has 1 rings (SSSR count). The van der Waals surface area contributed by atoms with E-state index in [0.29, 0.717) is 11.3 Å². The van der Waals surface area contributed by atoms with E-state index in [4.69, 9.17) is 4.74 Å². The first-order chi connectivity index (χ1) is 14.6. The molecule has 0 aromatic heterocycles. The summed E-state index contributed by atoms with van der Waals surface area (Å²) in [5, 5.41) is 0. The van der Waals surface area contributed by atoms with Crippen molar-refractivity contribution in [2.24, 2.45) is 0 Å². The normalized spacial score (nSPS) is 17.2. The van der Waals surface area contributed by atoms with Crippen LogP contribution in [0.5, 0.6) is 0 Å². The molecule has 1 unspecified atom stereocenters. The Kier molecular flexibility index (Phi) is 12.4. The van der Waals surface area contributed by atoms with Gasteiger partial charge in [0, 0.05) is 6.54 Å². The highest BCUT2D eigenvalue weighted by atomic mass is 19.4. The predicted molar refractivity (Wildman–Crippen MR) is 108 cm³/mol. The van der Waals surface area contributed by atoms with Gasteiger partial charge in [-0.1, -0.05) is 77.6 Å². The van der Waals surface area contributed by atoms with E-state index in [1.807, 2.05) is 0 Å². The molecule has 0 bridgehead atoms. The second-order valence-electron chi connectivity index (χ2n) is 8.29. The molecule has 9 heteroatoms. The SMILES string of the molecule is CCCCCCCCCCCCCCOC(=O)C1CCCN1C(=O)C(F)(F)C(F)(F)F. The average molecular weight is 458 g/mol. The molecule has 0 aromatic carbocycles. The summed E-state index contributed by atoms with van der Waals surface area (Å²) in [6.45, 7) is 1.96. The summed E-state index contributed by atoms with van der Waals surface area (Å²) in [4.78, 5) is 24.1. The van der Waals surface area contributed by atoms with Crippen molar-refractivity contribution in [1.29, 1.82) is 0 Å². The maximum absolute atomic E-state index is 13.3. The van der Waals surface area contributed by atoms with Crippen LogP contribution in [0, 0.1) is 0 Å². The highest BCUT2D eigenvalue weighted by molar-refractivity contribution is 5.89. The van der Waals surface area contributed by atoms with Crippen molar-refractivity contribution in [3.05, 3.63) is 0 Å². The third kappa shape index (κ3) is 9.31. The van der Waals surface area contributed by atoms with Gasteiger partial charge in [0.2, 0.25) is 0 Å². The molecule has 0 aliphatic carbocycles. The molecule has 1 saturated heterocycles. The number of rotatable bonds is 15. The molecule has 0 saturated carbocycles. The largest absolute Gasteiger partial charge is 0.464 e. The van der Waals surface area contributed by atoms with E-state index in [0.717, 1.165) is 19.3 Å². The van der Waals surface area contributed by atoms with Gasteiger partial charge in [-0.2, -0.15) is 22.0 Å². The third-order valence-electron chi connectivity index (χ3n) is 5.65. The molecule has 1 fully saturated rings. The maximum atomic E-state index is 13.3. The van der Waals surface area contributed by atoms with Gasteiger partial charge in [0.05, 0.1) is 6.61 Å². The van der Waals surface area contributed by atoms with E-state index in [2.05, 4.69) is 6.92 Å². The van der Waals surface area contributed by atoms with Crippen molar-refractivity contribution < 1.29 is 36.3 Å². The van der Waals surface area contributed by atoms with Crippen molar-refractivity contribution in [3.63, 3.8) is 0 Å². The summed E-state index contributed by atoms with van der Waals surface area (Å²) in [6, 6.07) is -1.38. The number of carbonyl (C=O) groups excluding carboxylic acids is 2. The van der Waals surface area contributed by atoms with E-state index in [1.54, 1.807) is 0 Å². The highest BCUT2D eigenvalue weighted by Gasteiger charge is 2.65. The van der Waals surface area contributed by atoms with Crippen LogP contribution in [0.3, 0.4) is 0 Å². The standard InChI is InChI=1S/C22H36F5NO3/c1-2-3-4-5-6-7-8-9-10-11-12-13-17-31-19(29)18-15-14-16-28(18)20(30)21(23,24)22(25,26)27/h18H,2-17H2,1H3. The highest BCUT2D eigenvalue weighted by Crippen LogP contribution is 2.38. The molecule has 0 spiro atoms. The lowest BCUT2D eigenvalue weighted by Crippen LogP contribution is -2.55. The van der Waals surface area contributed by atoms with Gasteiger partial charge in [-0.05, 0) is 19.3 Å². The molecular weight excluding hydrogens is 421 g/mol. The van der Waals surface area contributed by atoms with Gasteiger partial charge in [0.25, 0.3) is 0 Å². The number of halogens is 5. The van der Waals surface area contributed by atoms with E-state index >= 15 is 0 Å². The molecule has 0 N–H and O–H groups in total. The first-order valence-corrected chi connectivity index (χ1v) is 11.5. The molecular formula is C22H36F5NO3. The van der Waals surface area contributed by atoms with E-state index in [1.165, 1.54) is 51.4 Å². The molecule has 0 aromatic rings. The van der Waals surface area contributed by atoms with Crippen LogP contribution < -0.4 is 0 Å². The van der Waals surface area contributed by atoms with Crippen molar-refractivity contribution in [2.45, 2.75) is 115 Å². The fourth-order valence-electron chi connectivity index (χ4n) is 3.77. The molecule has 1 heterocycles. The number of carbonyl (C=O) groups is 2. The van der Waals surface area contributed by atoms with Crippen LogP contribution in [0.4, 0.5) is 22.0 Å². The van der Waals surface area contributed by atoms with E-state index in [-0.39, 0.29) is 26.0 Å². The Balaban J connectivity index is 2.17. The Morgan fingerprint density at radius 1 is 0.839 bits per heavy atom. The van der Waals surface area contributed by atoms with Gasteiger partial charge >= 0.3 is 24.0 Å². The quantitative estimate of drug-likeness (QED) is 0.162. The minimum absolute atomic E-state index is 0.0248. The molecule has 4 nitrogen and oxygen atoms in total. The summed E-state index contributed by atoms with van der Waals surface area (Å²) in [6.07, 6.45) is 7.85. The molecule has 1 aliphatic heterocycles. The van der Waals surface area contributed by atoms with Gasteiger partial charge in [-0.25, -0.2) is 4.79 Å². The van der Waals surface area contributed by atoms with Crippen LogP contribution in [-0.2, 0) is 14.3 Å². The number of unbranched alkanes of at least 4 members (excludes halogenated alkanes) is 11. The number of nitrogens with zero attached hydrogens (tertiary/aromatic N) is 1. The lowest BCUT2D eigenvalue weighted by atomic mass is 10.1. The zero-order valence-corrected chi connectivity index (χ0v) is 18.5. The van der Waals surface area contributed by atoms with E-state index < -0.39 is 30.0 Å². The van der Waals surface area contributed by atoms with Crippen molar-refractivity contribution in [3.8, 4) is 0 Å². The lowest BCUT2D eigenvalue weighted by Gasteiger charge is -2.28. The van der Waals surface area contributed by atoms with Gasteiger partial charge in [0.15, 0.2) is 0 Å². The summed E-state index contributed by atoms with van der Waals surface area (Å²) in [5.74, 6) is -8.80. The summed E-state index contributed by atoms with van der Waals surface area (Å²) >= 11 is 0. The van der Waals surface area contributed by atoms with Crippen LogP contribution in [0.15, 0.2) is 0 Å². The molecule has 0 radical (unpaired) electrons. The lowest BCUT2D eigenvalue weighted by molar-refractivity contribution is -0.274. The first kappa shape index (κ1) is 27.6. The number of hydrogen-bond donors (Lipinski definition) is 0. The number of likely N-dealkylation sites (tertiary alicyclic amines) is 1. The summed E-state index contributed by atoms with van der Waals surface area (Å²) in [5.41, 5.74) is 0. The summed E-state index contributed by atoms with van der Waals surface area (Å²) < 4.78 is 69.0. The second-order valence-corrected chi connectivity index (χ2v) is 8.29. The van der Waals surface area contributed by atoms with Gasteiger partial charge < -0.3 is 9.64 Å². The van der Waals surface area contributed by atoms with E-state index in [9.17, 15) is 31.5 Å². The number of alkyl halides is 5. The number of hydrogen-bond acceptors (Lipinski definition) is 3. The fourth-order valence-corrected chi connectivity index (χ4v) is 3.77. The minimum atomic E-state index is -5.99. The van der Waals surface area contributed by atoms with Crippen LogP contribution >= 0.6 is 0 Å². The average Bonchev–Trinajstić information content (AvgIpc) is 3.19. The molecule has 1 aliphatic rings. The molecule has 31 heavy (non-hydrogen) atoms. The molecule has 1 atom stereocenters. The Hall–Kier alpha value is -1.41. The first-order valence-electron chi connectivity index (χ1n) is 11.5. The van der Waals surface area contributed by atoms with Crippen LogP contribution in [0.25, 0.3) is 0 Å². The second kappa shape index (κ2) is 13.9. The Labute approximate surface area is 181 Å².